The Kier molecular flexibility index (Phi) is 4.24. The summed E-state index contributed by atoms with van der Waals surface area (Å²) in [5.41, 5.74) is 1.03. The van der Waals surface area contributed by atoms with Gasteiger partial charge in [0.1, 0.15) is 0 Å². The van der Waals surface area contributed by atoms with Gasteiger partial charge in [0.2, 0.25) is 0 Å². The van der Waals surface area contributed by atoms with Gasteiger partial charge in [-0.25, -0.2) is 0 Å². The van der Waals surface area contributed by atoms with E-state index in [1.54, 1.807) is 12.1 Å². The molecule has 0 spiro atoms. The fraction of sp³-hybridized carbons (Fsp3) is 0.533. The lowest BCUT2D eigenvalue weighted by molar-refractivity contribution is -0.140. The van der Waals surface area contributed by atoms with Crippen LogP contribution in [0.5, 0.6) is 11.5 Å². The van der Waals surface area contributed by atoms with Crippen LogP contribution in [0.15, 0.2) is 18.2 Å². The number of rotatable bonds is 3. The fourth-order valence-corrected chi connectivity index (χ4v) is 2.40. The molecule has 0 heterocycles. The first kappa shape index (κ1) is 12.9. The lowest BCUT2D eigenvalue weighted by Gasteiger charge is -2.20. The van der Waals surface area contributed by atoms with Crippen molar-refractivity contribution in [3.8, 4) is 11.5 Å². The van der Waals surface area contributed by atoms with Crippen LogP contribution >= 0.6 is 0 Å². The highest BCUT2D eigenvalue weighted by atomic mass is 16.5. The summed E-state index contributed by atoms with van der Waals surface area (Å²) < 4.78 is 5.30. The molecule has 1 saturated carbocycles. The summed E-state index contributed by atoms with van der Waals surface area (Å²) in [6, 6.07) is 5.21. The van der Waals surface area contributed by atoms with E-state index in [4.69, 9.17) is 4.74 Å². The van der Waals surface area contributed by atoms with Crippen molar-refractivity contribution in [2.75, 3.05) is 0 Å². The number of benzene rings is 1. The predicted molar refractivity (Wildman–Crippen MR) is 69.7 cm³/mol. The van der Waals surface area contributed by atoms with E-state index in [1.807, 2.05) is 13.0 Å². The molecule has 0 aliphatic heterocycles. The van der Waals surface area contributed by atoms with Gasteiger partial charge < -0.3 is 9.84 Å². The molecular formula is C15H20O3. The summed E-state index contributed by atoms with van der Waals surface area (Å²) in [7, 11) is 0. The minimum absolute atomic E-state index is 0.00371. The summed E-state index contributed by atoms with van der Waals surface area (Å²) in [6.45, 7) is 2.02. The van der Waals surface area contributed by atoms with E-state index in [0.717, 1.165) is 37.7 Å². The SMILES string of the molecule is CCc1ccc(OC(=O)C2CCCCC2)c(O)c1. The van der Waals surface area contributed by atoms with Gasteiger partial charge in [0.15, 0.2) is 11.5 Å². The molecule has 2 rings (SSSR count). The Balaban J connectivity index is 2.02. The Morgan fingerprint density at radius 3 is 2.67 bits per heavy atom. The zero-order valence-electron chi connectivity index (χ0n) is 10.8. The number of aromatic hydroxyl groups is 1. The molecule has 0 amide bonds. The highest BCUT2D eigenvalue weighted by molar-refractivity contribution is 5.76. The smallest absolute Gasteiger partial charge is 0.314 e. The van der Waals surface area contributed by atoms with Crippen molar-refractivity contribution in [1.29, 1.82) is 0 Å². The number of hydrogen-bond donors (Lipinski definition) is 1. The summed E-state index contributed by atoms with van der Waals surface area (Å²) in [5.74, 6) is 0.138. The third-order valence-corrected chi connectivity index (χ3v) is 3.58. The summed E-state index contributed by atoms with van der Waals surface area (Å²) in [5, 5.41) is 9.79. The summed E-state index contributed by atoms with van der Waals surface area (Å²) in [6.07, 6.45) is 6.07. The van der Waals surface area contributed by atoms with Crippen LogP contribution in [0.2, 0.25) is 0 Å². The van der Waals surface area contributed by atoms with E-state index in [2.05, 4.69) is 0 Å². The lowest BCUT2D eigenvalue weighted by atomic mass is 9.89. The first-order valence-electron chi connectivity index (χ1n) is 6.74. The molecular weight excluding hydrogens is 228 g/mol. The van der Waals surface area contributed by atoms with Crippen molar-refractivity contribution in [3.63, 3.8) is 0 Å². The maximum absolute atomic E-state index is 11.9. The molecule has 1 aliphatic carbocycles. The van der Waals surface area contributed by atoms with Crippen LogP contribution in [0, 0.1) is 5.92 Å². The van der Waals surface area contributed by atoms with Gasteiger partial charge in [0.05, 0.1) is 5.92 Å². The van der Waals surface area contributed by atoms with E-state index in [0.29, 0.717) is 0 Å². The molecule has 1 aromatic rings. The Labute approximate surface area is 108 Å². The first-order chi connectivity index (χ1) is 8.70. The van der Waals surface area contributed by atoms with E-state index in [-0.39, 0.29) is 23.4 Å². The Bertz CT molecular complexity index is 420. The summed E-state index contributed by atoms with van der Waals surface area (Å²) >= 11 is 0. The quantitative estimate of drug-likeness (QED) is 0.658. The van der Waals surface area contributed by atoms with Crippen molar-refractivity contribution < 1.29 is 14.6 Å². The maximum atomic E-state index is 11.9. The standard InChI is InChI=1S/C15H20O3/c1-2-11-8-9-14(13(16)10-11)18-15(17)12-6-4-3-5-7-12/h8-10,12,16H,2-7H2,1H3. The van der Waals surface area contributed by atoms with Crippen molar-refractivity contribution in [2.24, 2.45) is 5.92 Å². The number of ether oxygens (including phenoxy) is 1. The van der Waals surface area contributed by atoms with Crippen molar-refractivity contribution >= 4 is 5.97 Å². The number of aryl methyl sites for hydroxylation is 1. The van der Waals surface area contributed by atoms with Gasteiger partial charge in [-0.1, -0.05) is 32.3 Å². The molecule has 98 valence electrons. The molecule has 0 radical (unpaired) electrons. The van der Waals surface area contributed by atoms with Crippen molar-refractivity contribution in [3.05, 3.63) is 23.8 Å². The van der Waals surface area contributed by atoms with Crippen LogP contribution in [0.3, 0.4) is 0 Å². The molecule has 0 bridgehead atoms. The van der Waals surface area contributed by atoms with E-state index in [9.17, 15) is 9.90 Å². The van der Waals surface area contributed by atoms with Gasteiger partial charge in [0, 0.05) is 0 Å². The maximum Gasteiger partial charge on any atom is 0.314 e. The largest absolute Gasteiger partial charge is 0.504 e. The molecule has 3 heteroatoms. The molecule has 3 nitrogen and oxygen atoms in total. The molecule has 0 atom stereocenters. The van der Waals surface area contributed by atoms with E-state index < -0.39 is 0 Å². The average molecular weight is 248 g/mol. The number of esters is 1. The van der Waals surface area contributed by atoms with Gasteiger partial charge in [-0.3, -0.25) is 4.79 Å². The highest BCUT2D eigenvalue weighted by Gasteiger charge is 2.23. The van der Waals surface area contributed by atoms with Crippen LogP contribution in [0.25, 0.3) is 0 Å². The molecule has 1 fully saturated rings. The lowest BCUT2D eigenvalue weighted by Crippen LogP contribution is -2.22. The minimum Gasteiger partial charge on any atom is -0.504 e. The average Bonchev–Trinajstić information content (AvgIpc) is 2.42. The fourth-order valence-electron chi connectivity index (χ4n) is 2.40. The minimum atomic E-state index is -0.200. The molecule has 18 heavy (non-hydrogen) atoms. The molecule has 0 unspecified atom stereocenters. The topological polar surface area (TPSA) is 46.5 Å². The van der Waals surface area contributed by atoms with Crippen LogP contribution in [-0.2, 0) is 11.2 Å². The third kappa shape index (κ3) is 3.03. The molecule has 0 aromatic heterocycles. The first-order valence-corrected chi connectivity index (χ1v) is 6.74. The second-order valence-electron chi connectivity index (χ2n) is 4.91. The molecule has 1 aromatic carbocycles. The predicted octanol–water partition coefficient (Wildman–Crippen LogP) is 3.44. The van der Waals surface area contributed by atoms with Gasteiger partial charge in [-0.15, -0.1) is 0 Å². The van der Waals surface area contributed by atoms with E-state index in [1.165, 1.54) is 6.42 Å². The van der Waals surface area contributed by atoms with Gasteiger partial charge >= 0.3 is 5.97 Å². The highest BCUT2D eigenvalue weighted by Crippen LogP contribution is 2.30. The molecule has 1 aliphatic rings. The second-order valence-corrected chi connectivity index (χ2v) is 4.91. The normalized spacial score (nSPS) is 16.5. The number of carbonyl (C=O) groups excluding carboxylic acids is 1. The zero-order chi connectivity index (χ0) is 13.0. The van der Waals surface area contributed by atoms with Crippen LogP contribution in [0.1, 0.15) is 44.6 Å². The molecule has 1 N–H and O–H groups in total. The van der Waals surface area contributed by atoms with Crippen LogP contribution in [-0.4, -0.2) is 11.1 Å². The van der Waals surface area contributed by atoms with Crippen molar-refractivity contribution in [2.45, 2.75) is 45.4 Å². The number of phenols is 1. The number of carbonyl (C=O) groups is 1. The molecule has 0 saturated heterocycles. The monoisotopic (exact) mass is 248 g/mol. The Morgan fingerprint density at radius 1 is 1.33 bits per heavy atom. The van der Waals surface area contributed by atoms with Crippen LogP contribution < -0.4 is 4.74 Å². The number of hydrogen-bond acceptors (Lipinski definition) is 3. The zero-order valence-corrected chi connectivity index (χ0v) is 10.8. The number of phenolic OH excluding ortho intramolecular Hbond substituents is 1. The second kappa shape index (κ2) is 5.89. The van der Waals surface area contributed by atoms with E-state index >= 15 is 0 Å². The Morgan fingerprint density at radius 2 is 2.06 bits per heavy atom. The van der Waals surface area contributed by atoms with Crippen molar-refractivity contribution in [1.82, 2.24) is 0 Å². The third-order valence-electron chi connectivity index (χ3n) is 3.58. The van der Waals surface area contributed by atoms with Gasteiger partial charge in [0.25, 0.3) is 0 Å². The summed E-state index contributed by atoms with van der Waals surface area (Å²) in [4.78, 5) is 11.9. The van der Waals surface area contributed by atoms with Gasteiger partial charge in [-0.05, 0) is 37.0 Å². The van der Waals surface area contributed by atoms with Crippen LogP contribution in [0.4, 0.5) is 0 Å². The Hall–Kier alpha value is -1.51. The van der Waals surface area contributed by atoms with Gasteiger partial charge in [-0.2, -0.15) is 0 Å².